The van der Waals surface area contributed by atoms with Crippen molar-refractivity contribution >= 4 is 51.4 Å². The van der Waals surface area contributed by atoms with Crippen LogP contribution in [-0.2, 0) is 10.8 Å². The lowest BCUT2D eigenvalue weighted by Crippen LogP contribution is -2.61. The van der Waals surface area contributed by atoms with Crippen molar-refractivity contribution in [3.63, 3.8) is 0 Å². The summed E-state index contributed by atoms with van der Waals surface area (Å²) in [5.74, 6) is 0. The largest absolute Gasteiger partial charge is 0.345 e. The fraction of sp³-hybridized carbons (Fsp3) is 0.180. The fourth-order valence-electron chi connectivity index (χ4n) is 13.1. The monoisotopic (exact) mass is 825 g/mol. The molecule has 63 heavy (non-hydrogen) atoms. The van der Waals surface area contributed by atoms with Crippen molar-refractivity contribution in [1.29, 1.82) is 0 Å². The topological polar surface area (TPSA) is 3.24 Å². The first-order valence-corrected chi connectivity index (χ1v) is 25.5. The number of benzene rings is 9. The van der Waals surface area contributed by atoms with Crippen LogP contribution >= 0.6 is 0 Å². The van der Waals surface area contributed by atoms with Gasteiger partial charge in [-0.25, -0.2) is 0 Å². The van der Waals surface area contributed by atoms with E-state index in [1.165, 1.54) is 136 Å². The summed E-state index contributed by atoms with van der Waals surface area (Å²) in [7, 11) is 0.442. The van der Waals surface area contributed by atoms with Crippen LogP contribution in [0.15, 0.2) is 170 Å². The minimum Gasteiger partial charge on any atom is -0.345 e. The highest BCUT2D eigenvalue weighted by Crippen LogP contribution is 2.53. The Morgan fingerprint density at radius 2 is 0.889 bits per heavy atom. The zero-order valence-corrected chi connectivity index (χ0v) is 37.9. The summed E-state index contributed by atoms with van der Waals surface area (Å²) in [5, 5.41) is 8.46. The van der Waals surface area contributed by atoms with Crippen molar-refractivity contribution in [2.75, 3.05) is 11.9 Å². The molecule has 9 aromatic carbocycles. The molecule has 9 aromatic rings. The smallest absolute Gasteiger partial charge is 0.123 e. The molecular formula is C61H51NSi. The number of anilines is 2. The summed E-state index contributed by atoms with van der Waals surface area (Å²) in [6, 6.07) is 68.8. The Bertz CT molecular complexity index is 3430. The second kappa shape index (κ2) is 13.0. The van der Waals surface area contributed by atoms with Crippen LogP contribution in [0.2, 0.25) is 12.1 Å². The van der Waals surface area contributed by atoms with Gasteiger partial charge >= 0.3 is 0 Å². The molecule has 0 aromatic heterocycles. The molecule has 1 saturated heterocycles. The third-order valence-corrected chi connectivity index (χ3v) is 21.5. The zero-order chi connectivity index (χ0) is 42.4. The number of nitrogens with zero attached hydrogens (tertiary/aromatic N) is 1. The quantitative estimate of drug-likeness (QED) is 0.127. The lowest BCUT2D eigenvalue weighted by atomic mass is 9.80. The van der Waals surface area contributed by atoms with Crippen LogP contribution in [-0.4, -0.2) is 15.1 Å². The van der Waals surface area contributed by atoms with E-state index in [9.17, 15) is 0 Å². The number of hydrogen-bond acceptors (Lipinski definition) is 1. The minimum atomic E-state index is -1.86. The van der Waals surface area contributed by atoms with E-state index in [1.54, 1.807) is 10.4 Å². The fourth-order valence-corrected chi connectivity index (χ4v) is 18.7. The predicted octanol–water partition coefficient (Wildman–Crippen LogP) is 15.0. The first-order valence-electron chi connectivity index (χ1n) is 23.1. The molecule has 2 heterocycles. The van der Waals surface area contributed by atoms with Gasteiger partial charge in [-0.05, 0) is 152 Å². The summed E-state index contributed by atoms with van der Waals surface area (Å²) >= 11 is 0. The van der Waals surface area contributed by atoms with Gasteiger partial charge in [-0.1, -0.05) is 180 Å². The van der Waals surface area contributed by atoms with Gasteiger partial charge in [0, 0.05) is 29.3 Å². The molecule has 1 nitrogen and oxygen atoms in total. The molecular weight excluding hydrogens is 775 g/mol. The molecule has 2 aliphatic carbocycles. The van der Waals surface area contributed by atoms with Crippen LogP contribution in [0.5, 0.6) is 0 Å². The Kier molecular flexibility index (Phi) is 7.68. The second-order valence-electron chi connectivity index (χ2n) is 20.0. The summed E-state index contributed by atoms with van der Waals surface area (Å²) in [4.78, 5) is 2.50. The van der Waals surface area contributed by atoms with E-state index in [2.05, 4.69) is 210 Å². The number of hydrogen-bond donors (Lipinski definition) is 0. The Balaban J connectivity index is 1.07. The Hall–Kier alpha value is -6.48. The Labute approximate surface area is 372 Å². The average Bonchev–Trinajstić information content (AvgIpc) is 3.97. The van der Waals surface area contributed by atoms with Crippen LogP contribution in [0.1, 0.15) is 62.8 Å². The highest BCUT2D eigenvalue weighted by molar-refractivity contribution is 7.04. The van der Waals surface area contributed by atoms with Crippen LogP contribution in [0.4, 0.5) is 11.4 Å². The molecule has 0 atom stereocenters. The average molecular weight is 826 g/mol. The maximum absolute atomic E-state index is 2.56. The van der Waals surface area contributed by atoms with E-state index >= 15 is 0 Å². The molecule has 2 aliphatic heterocycles. The lowest BCUT2D eigenvalue weighted by Gasteiger charge is -2.41. The maximum Gasteiger partial charge on any atom is 0.123 e. The van der Waals surface area contributed by atoms with E-state index in [-0.39, 0.29) is 10.8 Å². The van der Waals surface area contributed by atoms with Gasteiger partial charge in [0.2, 0.25) is 0 Å². The van der Waals surface area contributed by atoms with Gasteiger partial charge in [0.15, 0.2) is 0 Å². The van der Waals surface area contributed by atoms with Crippen molar-refractivity contribution < 1.29 is 0 Å². The summed E-state index contributed by atoms with van der Waals surface area (Å²) in [6.07, 6.45) is 2.68. The first kappa shape index (κ1) is 37.1. The SMILES string of the molecule is CN1c2ccccc2[Si]2(CCCC2)c2ccc(-c3c4ccccc4c(-c4ccc5c(c4)-c4ccccc4C5(C)C)c4cc(-c5ccc6c(c5)C(C)(C)c5ccccc5-6)ccc34)cc21. The molecule has 304 valence electrons. The van der Waals surface area contributed by atoms with Gasteiger partial charge in [0.1, 0.15) is 8.07 Å². The Morgan fingerprint density at radius 1 is 0.381 bits per heavy atom. The zero-order valence-electron chi connectivity index (χ0n) is 36.9. The van der Waals surface area contributed by atoms with Gasteiger partial charge in [0.25, 0.3) is 0 Å². The summed E-state index contributed by atoms with van der Waals surface area (Å²) in [5.41, 5.74) is 21.5. The van der Waals surface area contributed by atoms with Gasteiger partial charge in [-0.3, -0.25) is 0 Å². The molecule has 13 rings (SSSR count). The van der Waals surface area contributed by atoms with E-state index in [0.717, 1.165) is 0 Å². The van der Waals surface area contributed by atoms with Crippen molar-refractivity contribution in [1.82, 2.24) is 0 Å². The molecule has 1 spiro atoms. The number of para-hydroxylation sites is 1. The Morgan fingerprint density at radius 3 is 1.65 bits per heavy atom. The van der Waals surface area contributed by atoms with Crippen molar-refractivity contribution in [2.45, 2.75) is 63.5 Å². The van der Waals surface area contributed by atoms with Gasteiger partial charge in [0.05, 0.1) is 0 Å². The third-order valence-electron chi connectivity index (χ3n) is 16.2. The standard InChI is InChI=1S/C61H51NSi/c1-60(2)51-21-11-9-17-43(51)48-35-40(26-30-52(48)60)59-46-19-7-6-18-45(46)58(41-27-31-57-55(37-41)62(5)54-22-12-13-23-56(54)63(57)32-14-15-33-63)47-29-25-38(34-49(47)59)39-24-28-44-42-16-8-10-20-50(42)61(3,4)53(44)36-39/h6-13,16-31,34-37H,14-15,32-33H2,1-5H3. The molecule has 0 unspecified atom stereocenters. The van der Waals surface area contributed by atoms with Crippen LogP contribution in [0, 0.1) is 0 Å². The lowest BCUT2D eigenvalue weighted by molar-refractivity contribution is 0.660. The van der Waals surface area contributed by atoms with Crippen LogP contribution < -0.4 is 15.3 Å². The van der Waals surface area contributed by atoms with Crippen LogP contribution in [0.25, 0.3) is 77.2 Å². The highest BCUT2D eigenvalue weighted by atomic mass is 28.3. The van der Waals surface area contributed by atoms with E-state index < -0.39 is 8.07 Å². The molecule has 4 aliphatic rings. The molecule has 1 fully saturated rings. The number of rotatable bonds is 3. The minimum absolute atomic E-state index is 0.0489. The molecule has 0 bridgehead atoms. The van der Waals surface area contributed by atoms with Crippen molar-refractivity contribution in [3.05, 3.63) is 192 Å². The van der Waals surface area contributed by atoms with E-state index in [0.29, 0.717) is 0 Å². The van der Waals surface area contributed by atoms with Gasteiger partial charge in [-0.15, -0.1) is 0 Å². The van der Waals surface area contributed by atoms with Gasteiger partial charge < -0.3 is 4.90 Å². The van der Waals surface area contributed by atoms with E-state index in [1.807, 2.05) is 0 Å². The molecule has 0 radical (unpaired) electrons. The van der Waals surface area contributed by atoms with Crippen molar-refractivity contribution in [3.8, 4) is 55.6 Å². The highest BCUT2D eigenvalue weighted by Gasteiger charge is 2.46. The number of fused-ring (bicyclic) bond motifs is 12. The second-order valence-corrected chi connectivity index (χ2v) is 24.3. The summed E-state index contributed by atoms with van der Waals surface area (Å²) in [6.45, 7) is 9.53. The van der Waals surface area contributed by atoms with Gasteiger partial charge in [-0.2, -0.15) is 0 Å². The molecule has 2 heteroatoms. The summed E-state index contributed by atoms with van der Waals surface area (Å²) < 4.78 is 0. The maximum atomic E-state index is 2.56. The predicted molar refractivity (Wildman–Crippen MR) is 271 cm³/mol. The van der Waals surface area contributed by atoms with E-state index in [4.69, 9.17) is 0 Å². The third kappa shape index (κ3) is 4.99. The normalized spacial score (nSPS) is 16.7. The first-order chi connectivity index (χ1) is 30.6. The van der Waals surface area contributed by atoms with Crippen LogP contribution in [0.3, 0.4) is 0 Å². The molecule has 0 amide bonds. The van der Waals surface area contributed by atoms with Crippen molar-refractivity contribution in [2.24, 2.45) is 0 Å². The molecule has 0 saturated carbocycles. The molecule has 0 N–H and O–H groups in total.